The number of benzene rings is 1. The van der Waals surface area contributed by atoms with Gasteiger partial charge in [0.2, 0.25) is 17.8 Å². The molecule has 1 aromatic heterocycles. The van der Waals surface area contributed by atoms with Crippen LogP contribution >= 0.6 is 0 Å². The molecule has 0 atom stereocenters. The van der Waals surface area contributed by atoms with Gasteiger partial charge in [0, 0.05) is 23.8 Å². The number of halogens is 1. The molecule has 174 valence electrons. The van der Waals surface area contributed by atoms with Gasteiger partial charge in [0.1, 0.15) is 0 Å². The number of hydrogen-bond acceptors (Lipinski definition) is 7. The molecule has 8 heteroatoms. The SMILES string of the molecule is COc1ccc(Nc2nc(NC3CCCCCC3)nc(NC3CCC(C)CC3)n2)cc1F. The van der Waals surface area contributed by atoms with Crippen molar-refractivity contribution in [1.29, 1.82) is 0 Å². The monoisotopic (exact) mass is 442 g/mol. The molecule has 7 nitrogen and oxygen atoms in total. The van der Waals surface area contributed by atoms with E-state index in [1.807, 2.05) is 0 Å². The minimum atomic E-state index is -0.432. The van der Waals surface area contributed by atoms with E-state index in [1.54, 1.807) is 12.1 Å². The second-order valence-electron chi connectivity index (χ2n) is 9.21. The molecule has 0 spiro atoms. The summed E-state index contributed by atoms with van der Waals surface area (Å²) < 4.78 is 19.2. The highest BCUT2D eigenvalue weighted by Crippen LogP contribution is 2.27. The van der Waals surface area contributed by atoms with Crippen LogP contribution in [0.15, 0.2) is 18.2 Å². The zero-order valence-corrected chi connectivity index (χ0v) is 19.2. The van der Waals surface area contributed by atoms with Crippen molar-refractivity contribution in [3.05, 3.63) is 24.0 Å². The Kier molecular flexibility index (Phi) is 7.60. The predicted octanol–water partition coefficient (Wildman–Crippen LogP) is 5.89. The second kappa shape index (κ2) is 10.8. The molecule has 32 heavy (non-hydrogen) atoms. The van der Waals surface area contributed by atoms with Crippen molar-refractivity contribution in [1.82, 2.24) is 15.0 Å². The molecular formula is C24H35FN6O. The molecule has 1 heterocycles. The minimum Gasteiger partial charge on any atom is -0.494 e. The maximum Gasteiger partial charge on any atom is 0.233 e. The molecular weight excluding hydrogens is 407 g/mol. The molecule has 2 fully saturated rings. The molecule has 0 bridgehead atoms. The third kappa shape index (κ3) is 6.20. The van der Waals surface area contributed by atoms with Crippen LogP contribution in [0.1, 0.15) is 71.1 Å². The van der Waals surface area contributed by atoms with E-state index in [2.05, 4.69) is 37.8 Å². The molecule has 2 saturated carbocycles. The summed E-state index contributed by atoms with van der Waals surface area (Å²) in [4.78, 5) is 13.9. The largest absolute Gasteiger partial charge is 0.494 e. The third-order valence-corrected chi connectivity index (χ3v) is 6.58. The predicted molar refractivity (Wildman–Crippen MR) is 126 cm³/mol. The van der Waals surface area contributed by atoms with Gasteiger partial charge in [-0.25, -0.2) is 4.39 Å². The van der Waals surface area contributed by atoms with Crippen LogP contribution in [0.25, 0.3) is 0 Å². The lowest BCUT2D eigenvalue weighted by molar-refractivity contribution is 0.360. The molecule has 0 aliphatic heterocycles. The topological polar surface area (TPSA) is 84.0 Å². The highest BCUT2D eigenvalue weighted by Gasteiger charge is 2.20. The number of aromatic nitrogens is 3. The van der Waals surface area contributed by atoms with Crippen LogP contribution in [0.2, 0.25) is 0 Å². The summed E-state index contributed by atoms with van der Waals surface area (Å²) in [6.45, 7) is 2.31. The van der Waals surface area contributed by atoms with E-state index in [-0.39, 0.29) is 5.75 Å². The Morgan fingerprint density at radius 3 is 2.00 bits per heavy atom. The number of hydrogen-bond donors (Lipinski definition) is 3. The third-order valence-electron chi connectivity index (χ3n) is 6.58. The lowest BCUT2D eigenvalue weighted by atomic mass is 9.87. The number of ether oxygens (including phenoxy) is 1. The van der Waals surface area contributed by atoms with Crippen molar-refractivity contribution in [3.8, 4) is 5.75 Å². The van der Waals surface area contributed by atoms with Gasteiger partial charge < -0.3 is 20.7 Å². The molecule has 0 saturated heterocycles. The zero-order valence-electron chi connectivity index (χ0n) is 19.2. The molecule has 0 radical (unpaired) electrons. The second-order valence-corrected chi connectivity index (χ2v) is 9.21. The first kappa shape index (κ1) is 22.6. The van der Waals surface area contributed by atoms with Crippen molar-refractivity contribution in [3.63, 3.8) is 0 Å². The number of nitrogens with one attached hydrogen (secondary N) is 3. The van der Waals surface area contributed by atoms with E-state index in [4.69, 9.17) is 4.74 Å². The molecule has 0 unspecified atom stereocenters. The molecule has 0 amide bonds. The number of methoxy groups -OCH3 is 1. The smallest absolute Gasteiger partial charge is 0.233 e. The Bertz CT molecular complexity index is 879. The first-order chi connectivity index (χ1) is 15.6. The lowest BCUT2D eigenvalue weighted by Crippen LogP contribution is -2.27. The van der Waals surface area contributed by atoms with E-state index < -0.39 is 5.82 Å². The van der Waals surface area contributed by atoms with Gasteiger partial charge in [-0.15, -0.1) is 0 Å². The van der Waals surface area contributed by atoms with Crippen LogP contribution in [0, 0.1) is 11.7 Å². The van der Waals surface area contributed by atoms with Gasteiger partial charge >= 0.3 is 0 Å². The van der Waals surface area contributed by atoms with Crippen LogP contribution in [0.4, 0.5) is 27.9 Å². The summed E-state index contributed by atoms with van der Waals surface area (Å²) in [6.07, 6.45) is 11.9. The van der Waals surface area contributed by atoms with Crippen molar-refractivity contribution in [2.45, 2.75) is 83.2 Å². The van der Waals surface area contributed by atoms with Crippen molar-refractivity contribution in [2.75, 3.05) is 23.1 Å². The Morgan fingerprint density at radius 2 is 1.41 bits per heavy atom. The summed E-state index contributed by atoms with van der Waals surface area (Å²) in [5.41, 5.74) is 0.562. The quantitative estimate of drug-likeness (QED) is 0.461. The molecule has 2 aliphatic carbocycles. The van der Waals surface area contributed by atoms with Gasteiger partial charge in [-0.05, 0) is 56.6 Å². The Balaban J connectivity index is 1.53. The van der Waals surface area contributed by atoms with E-state index in [0.29, 0.717) is 35.6 Å². The van der Waals surface area contributed by atoms with E-state index in [9.17, 15) is 4.39 Å². The maximum atomic E-state index is 14.2. The Labute approximate surface area is 190 Å². The van der Waals surface area contributed by atoms with Crippen LogP contribution in [0.3, 0.4) is 0 Å². The highest BCUT2D eigenvalue weighted by atomic mass is 19.1. The van der Waals surface area contributed by atoms with Crippen molar-refractivity contribution in [2.24, 2.45) is 5.92 Å². The molecule has 2 aromatic rings. The van der Waals surface area contributed by atoms with E-state index in [1.165, 1.54) is 51.7 Å². The van der Waals surface area contributed by atoms with Gasteiger partial charge in [0.15, 0.2) is 11.6 Å². The van der Waals surface area contributed by atoms with Crippen molar-refractivity contribution < 1.29 is 9.13 Å². The molecule has 1 aromatic carbocycles. The molecule has 2 aliphatic rings. The van der Waals surface area contributed by atoms with Gasteiger partial charge in [-0.2, -0.15) is 15.0 Å². The fourth-order valence-corrected chi connectivity index (χ4v) is 4.63. The van der Waals surface area contributed by atoms with Gasteiger partial charge in [-0.1, -0.05) is 32.6 Å². The number of anilines is 4. The van der Waals surface area contributed by atoms with Gasteiger partial charge in [0.25, 0.3) is 0 Å². The summed E-state index contributed by atoms with van der Waals surface area (Å²) in [5.74, 6) is 2.07. The van der Waals surface area contributed by atoms with E-state index in [0.717, 1.165) is 31.6 Å². The fraction of sp³-hybridized carbons (Fsp3) is 0.625. The summed E-state index contributed by atoms with van der Waals surface area (Å²) in [7, 11) is 1.45. The van der Waals surface area contributed by atoms with Gasteiger partial charge in [-0.3, -0.25) is 0 Å². The maximum absolute atomic E-state index is 14.2. The van der Waals surface area contributed by atoms with Crippen LogP contribution < -0.4 is 20.7 Å². The highest BCUT2D eigenvalue weighted by molar-refractivity contribution is 5.57. The molecule has 3 N–H and O–H groups in total. The summed E-state index contributed by atoms with van der Waals surface area (Å²) in [6, 6.07) is 5.46. The van der Waals surface area contributed by atoms with E-state index >= 15 is 0 Å². The van der Waals surface area contributed by atoms with Crippen molar-refractivity contribution >= 4 is 23.5 Å². The Hall–Kier alpha value is -2.64. The number of nitrogens with zero attached hydrogens (tertiary/aromatic N) is 3. The van der Waals surface area contributed by atoms with Crippen LogP contribution in [0.5, 0.6) is 5.75 Å². The first-order valence-corrected chi connectivity index (χ1v) is 12.0. The summed E-state index contributed by atoms with van der Waals surface area (Å²) >= 11 is 0. The normalized spacial score (nSPS) is 22.1. The summed E-state index contributed by atoms with van der Waals surface area (Å²) in [5, 5.41) is 10.2. The standard InChI is InChI=1S/C24H35FN6O/c1-16-9-11-18(12-10-16)27-23-29-22(26-17-7-5-3-4-6-8-17)30-24(31-23)28-19-13-14-21(32-2)20(25)15-19/h13-18H,3-12H2,1-2H3,(H3,26,27,28,29,30,31). The minimum absolute atomic E-state index is 0.204. The van der Waals surface area contributed by atoms with Crippen LogP contribution in [-0.4, -0.2) is 34.1 Å². The average molecular weight is 443 g/mol. The van der Waals surface area contributed by atoms with Gasteiger partial charge in [0.05, 0.1) is 7.11 Å². The molecule has 4 rings (SSSR count). The Morgan fingerprint density at radius 1 is 0.812 bits per heavy atom. The van der Waals surface area contributed by atoms with Crippen LogP contribution in [-0.2, 0) is 0 Å². The fourth-order valence-electron chi connectivity index (χ4n) is 4.63. The lowest BCUT2D eigenvalue weighted by Gasteiger charge is -2.27. The average Bonchev–Trinajstić information content (AvgIpc) is 3.04. The zero-order chi connectivity index (χ0) is 22.3. The number of rotatable bonds is 7. The first-order valence-electron chi connectivity index (χ1n) is 12.0.